The molecule has 0 amide bonds. The topological polar surface area (TPSA) is 36.9 Å². The van der Waals surface area contributed by atoms with E-state index < -0.39 is 5.79 Å². The summed E-state index contributed by atoms with van der Waals surface area (Å²) in [5, 5.41) is 4.21. The number of hydrogen-bond donors (Lipinski definition) is 0. The molecule has 4 rings (SSSR count). The van der Waals surface area contributed by atoms with Crippen LogP contribution in [-0.2, 0) is 25.6 Å². The van der Waals surface area contributed by atoms with Crippen LogP contribution < -0.4 is 0 Å². The molecule has 1 aliphatic carbocycles. The largest absolute Gasteiger partial charge is 0.368 e. The van der Waals surface area contributed by atoms with Gasteiger partial charge in [-0.25, -0.2) is 0 Å². The van der Waals surface area contributed by atoms with Gasteiger partial charge >= 0.3 is 0 Å². The van der Waals surface area contributed by atoms with E-state index in [1.54, 1.807) is 11.3 Å². The van der Waals surface area contributed by atoms with Crippen LogP contribution in [0.15, 0.2) is 16.8 Å². The van der Waals surface area contributed by atoms with E-state index in [1.165, 1.54) is 24.8 Å². The molecule has 1 aromatic heterocycles. The Morgan fingerprint density at radius 1 is 1.27 bits per heavy atom. The fourth-order valence-electron chi connectivity index (χ4n) is 3.82. The van der Waals surface area contributed by atoms with Crippen LogP contribution in [0.3, 0.4) is 0 Å². The first-order valence-corrected chi connectivity index (χ1v) is 9.38. The van der Waals surface area contributed by atoms with E-state index in [0.29, 0.717) is 6.61 Å². The van der Waals surface area contributed by atoms with E-state index in [-0.39, 0.29) is 24.6 Å². The number of thiophene rings is 1. The second kappa shape index (κ2) is 6.21. The lowest BCUT2D eigenvalue weighted by Gasteiger charge is -2.34. The molecular formula is C17H24O4S. The lowest BCUT2D eigenvalue weighted by Crippen LogP contribution is -2.39. The Balaban J connectivity index is 1.44. The molecule has 122 valence electrons. The molecule has 1 spiro atoms. The van der Waals surface area contributed by atoms with Gasteiger partial charge in [0.2, 0.25) is 0 Å². The predicted octanol–water partition coefficient (Wildman–Crippen LogP) is 3.84. The summed E-state index contributed by atoms with van der Waals surface area (Å²) < 4.78 is 24.8. The first-order valence-electron chi connectivity index (χ1n) is 8.43. The Bertz CT molecular complexity index is 483. The van der Waals surface area contributed by atoms with Crippen LogP contribution in [0.5, 0.6) is 0 Å². The highest BCUT2D eigenvalue weighted by molar-refractivity contribution is 7.07. The van der Waals surface area contributed by atoms with Gasteiger partial charge in [0.1, 0.15) is 12.2 Å². The molecular weight excluding hydrogens is 300 g/mol. The van der Waals surface area contributed by atoms with Crippen molar-refractivity contribution in [3.63, 3.8) is 0 Å². The Hall–Kier alpha value is -0.460. The van der Waals surface area contributed by atoms with Crippen molar-refractivity contribution in [1.82, 2.24) is 0 Å². The molecule has 4 nitrogen and oxygen atoms in total. The van der Waals surface area contributed by atoms with Crippen molar-refractivity contribution in [1.29, 1.82) is 0 Å². The van der Waals surface area contributed by atoms with Gasteiger partial charge in [0.15, 0.2) is 12.1 Å². The van der Waals surface area contributed by atoms with E-state index in [1.807, 2.05) is 0 Å². The van der Waals surface area contributed by atoms with Gasteiger partial charge in [-0.2, -0.15) is 11.3 Å². The quantitative estimate of drug-likeness (QED) is 0.843. The maximum absolute atomic E-state index is 6.36. The molecule has 1 aromatic rings. The average molecular weight is 324 g/mol. The molecule has 4 atom stereocenters. The Morgan fingerprint density at radius 3 is 2.86 bits per heavy atom. The maximum atomic E-state index is 6.36. The average Bonchev–Trinajstić information content (AvgIpc) is 3.21. The van der Waals surface area contributed by atoms with Crippen molar-refractivity contribution < 1.29 is 18.9 Å². The van der Waals surface area contributed by atoms with Crippen molar-refractivity contribution in [3.05, 3.63) is 22.4 Å². The number of fused-ring (bicyclic) bond motifs is 1. The summed E-state index contributed by atoms with van der Waals surface area (Å²) in [6.45, 7) is 2.75. The molecule has 0 radical (unpaired) electrons. The van der Waals surface area contributed by atoms with Crippen LogP contribution in [-0.4, -0.2) is 30.4 Å². The molecule has 3 fully saturated rings. The van der Waals surface area contributed by atoms with Gasteiger partial charge in [0.25, 0.3) is 0 Å². The van der Waals surface area contributed by atoms with E-state index in [4.69, 9.17) is 18.9 Å². The van der Waals surface area contributed by atoms with Crippen molar-refractivity contribution in [2.45, 2.75) is 82.4 Å². The fraction of sp³-hybridized carbons (Fsp3) is 0.765. The molecule has 0 bridgehead atoms. The Morgan fingerprint density at radius 2 is 2.14 bits per heavy atom. The zero-order chi connectivity index (χ0) is 15.0. The summed E-state index contributed by atoms with van der Waals surface area (Å²) in [4.78, 5) is 0. The summed E-state index contributed by atoms with van der Waals surface area (Å²) in [7, 11) is 0. The van der Waals surface area contributed by atoms with Crippen LogP contribution in [0.25, 0.3) is 0 Å². The SMILES string of the molecule is CC[C@H]1O[C@@H]2OC3(CCCCC3)O[C@@H]2[C@H]1OCc1ccsc1. The minimum Gasteiger partial charge on any atom is -0.368 e. The first-order chi connectivity index (χ1) is 10.8. The monoisotopic (exact) mass is 324 g/mol. The van der Waals surface area contributed by atoms with Crippen LogP contribution in [0.1, 0.15) is 51.0 Å². The first kappa shape index (κ1) is 15.1. The zero-order valence-corrected chi connectivity index (χ0v) is 13.8. The van der Waals surface area contributed by atoms with Gasteiger partial charge in [0, 0.05) is 12.8 Å². The summed E-state index contributed by atoms with van der Waals surface area (Å²) >= 11 is 1.70. The van der Waals surface area contributed by atoms with Crippen molar-refractivity contribution in [2.75, 3.05) is 0 Å². The third-order valence-corrected chi connectivity index (χ3v) is 5.72. The standard InChI is InChI=1S/C17H24O4S/c1-2-13-14(18-10-12-6-9-22-11-12)15-16(19-13)21-17(20-15)7-4-3-5-8-17/h6,9,11,13-16H,2-5,7-8,10H2,1H3/t13-,14+,15-,16-/m1/s1. The molecule has 22 heavy (non-hydrogen) atoms. The van der Waals surface area contributed by atoms with Crippen LogP contribution in [0.2, 0.25) is 0 Å². The second-order valence-corrected chi connectivity index (χ2v) is 7.31. The molecule has 2 aliphatic heterocycles. The van der Waals surface area contributed by atoms with E-state index in [9.17, 15) is 0 Å². The molecule has 0 unspecified atom stereocenters. The highest BCUT2D eigenvalue weighted by Crippen LogP contribution is 2.46. The predicted molar refractivity (Wildman–Crippen MR) is 83.6 cm³/mol. The van der Waals surface area contributed by atoms with Crippen LogP contribution >= 0.6 is 11.3 Å². The molecule has 2 saturated heterocycles. The van der Waals surface area contributed by atoms with E-state index >= 15 is 0 Å². The van der Waals surface area contributed by atoms with E-state index in [2.05, 4.69) is 23.8 Å². The summed E-state index contributed by atoms with van der Waals surface area (Å²) in [6, 6.07) is 2.10. The van der Waals surface area contributed by atoms with Gasteiger partial charge in [0.05, 0.1) is 12.7 Å². The summed E-state index contributed by atoms with van der Waals surface area (Å²) in [5.41, 5.74) is 1.22. The van der Waals surface area contributed by atoms with Crippen molar-refractivity contribution in [3.8, 4) is 0 Å². The van der Waals surface area contributed by atoms with Crippen LogP contribution in [0, 0.1) is 0 Å². The lowest BCUT2D eigenvalue weighted by atomic mass is 9.94. The van der Waals surface area contributed by atoms with Gasteiger partial charge in [-0.15, -0.1) is 0 Å². The molecule has 0 aromatic carbocycles. The van der Waals surface area contributed by atoms with Gasteiger partial charge in [-0.05, 0) is 41.7 Å². The minimum absolute atomic E-state index is 0.0313. The van der Waals surface area contributed by atoms with Gasteiger partial charge < -0.3 is 18.9 Å². The lowest BCUT2D eigenvalue weighted by molar-refractivity contribution is -0.249. The minimum atomic E-state index is -0.406. The van der Waals surface area contributed by atoms with Crippen molar-refractivity contribution >= 4 is 11.3 Å². The normalized spacial score (nSPS) is 36.8. The highest BCUT2D eigenvalue weighted by Gasteiger charge is 2.57. The molecule has 1 saturated carbocycles. The maximum Gasteiger partial charge on any atom is 0.190 e. The smallest absolute Gasteiger partial charge is 0.190 e. The third-order valence-electron chi connectivity index (χ3n) is 4.99. The summed E-state index contributed by atoms with van der Waals surface area (Å²) in [5.74, 6) is -0.406. The molecule has 0 N–H and O–H groups in total. The zero-order valence-electron chi connectivity index (χ0n) is 13.0. The Kier molecular flexibility index (Phi) is 4.26. The Labute approximate surface area is 135 Å². The fourth-order valence-corrected chi connectivity index (χ4v) is 4.48. The number of rotatable bonds is 4. The number of hydrogen-bond acceptors (Lipinski definition) is 5. The van der Waals surface area contributed by atoms with Crippen molar-refractivity contribution in [2.24, 2.45) is 0 Å². The molecule has 5 heteroatoms. The van der Waals surface area contributed by atoms with Gasteiger partial charge in [-0.3, -0.25) is 0 Å². The van der Waals surface area contributed by atoms with E-state index in [0.717, 1.165) is 19.3 Å². The second-order valence-electron chi connectivity index (χ2n) is 6.53. The highest BCUT2D eigenvalue weighted by atomic mass is 32.1. The molecule has 3 heterocycles. The summed E-state index contributed by atoms with van der Waals surface area (Å²) in [6.07, 6.45) is 6.22. The van der Waals surface area contributed by atoms with Gasteiger partial charge in [-0.1, -0.05) is 13.3 Å². The third kappa shape index (κ3) is 2.74. The number of ether oxygens (including phenoxy) is 4. The van der Waals surface area contributed by atoms with Crippen LogP contribution in [0.4, 0.5) is 0 Å². The molecule has 3 aliphatic rings.